The molecule has 3 aromatic rings. The maximum absolute atomic E-state index is 12.4. The molecule has 0 saturated carbocycles. The van der Waals surface area contributed by atoms with E-state index in [0.29, 0.717) is 11.3 Å². The Morgan fingerprint density at radius 2 is 1.66 bits per heavy atom. The van der Waals surface area contributed by atoms with Crippen molar-refractivity contribution in [2.24, 2.45) is 0 Å². The monoisotopic (exact) mass is 494 g/mol. The van der Waals surface area contributed by atoms with Crippen molar-refractivity contribution in [1.82, 2.24) is 10.3 Å². The van der Waals surface area contributed by atoms with Crippen LogP contribution in [0.15, 0.2) is 70.6 Å². The van der Waals surface area contributed by atoms with Crippen LogP contribution in [0.4, 0.5) is 0 Å². The summed E-state index contributed by atoms with van der Waals surface area (Å²) >= 11 is 6.12. The molecule has 0 saturated heterocycles. The largest absolute Gasteiger partial charge is 0.439 e. The van der Waals surface area contributed by atoms with E-state index in [4.69, 9.17) is 16.3 Å². The second-order valence-corrected chi connectivity index (χ2v) is 11.4. The molecular weight excluding hydrogens is 476 g/mol. The van der Waals surface area contributed by atoms with Crippen molar-refractivity contribution >= 4 is 37.2 Å². The van der Waals surface area contributed by atoms with Crippen LogP contribution >= 0.6 is 11.6 Å². The van der Waals surface area contributed by atoms with Gasteiger partial charge in [-0.3, -0.25) is 4.79 Å². The van der Waals surface area contributed by atoms with E-state index < -0.39 is 25.6 Å². The average Bonchev–Trinajstić information content (AvgIpc) is 2.72. The topological polar surface area (TPSA) is 119 Å². The first-order chi connectivity index (χ1) is 14.9. The lowest BCUT2D eigenvalue weighted by molar-refractivity contribution is 0.0950. The summed E-state index contributed by atoms with van der Waals surface area (Å²) in [6.45, 7) is 0.0955. The van der Waals surface area contributed by atoms with E-state index in [2.05, 4.69) is 10.3 Å². The van der Waals surface area contributed by atoms with Crippen molar-refractivity contribution in [3.8, 4) is 11.6 Å². The zero-order valence-electron chi connectivity index (χ0n) is 17.1. The number of carbonyl (C=O) groups is 1. The summed E-state index contributed by atoms with van der Waals surface area (Å²) in [4.78, 5) is 16.7. The Bertz CT molecular complexity index is 1370. The highest BCUT2D eigenvalue weighted by molar-refractivity contribution is 7.91. The third-order valence-corrected chi connectivity index (χ3v) is 6.92. The maximum atomic E-state index is 12.4. The molecule has 168 valence electrons. The summed E-state index contributed by atoms with van der Waals surface area (Å²) in [5, 5.41) is 2.92. The van der Waals surface area contributed by atoms with Crippen LogP contribution in [0.3, 0.4) is 0 Å². The minimum Gasteiger partial charge on any atom is -0.439 e. The summed E-state index contributed by atoms with van der Waals surface area (Å²) < 4.78 is 52.0. The van der Waals surface area contributed by atoms with E-state index in [1.54, 1.807) is 18.2 Å². The van der Waals surface area contributed by atoms with Crippen LogP contribution in [0.5, 0.6) is 11.6 Å². The average molecular weight is 495 g/mol. The lowest BCUT2D eigenvalue weighted by Crippen LogP contribution is -2.23. The molecule has 1 amide bonds. The van der Waals surface area contributed by atoms with Crippen molar-refractivity contribution in [2.45, 2.75) is 16.3 Å². The number of rotatable bonds is 7. The van der Waals surface area contributed by atoms with Gasteiger partial charge in [-0.25, -0.2) is 21.8 Å². The van der Waals surface area contributed by atoms with Crippen molar-refractivity contribution in [3.05, 3.63) is 76.9 Å². The number of pyridine rings is 1. The molecule has 0 unspecified atom stereocenters. The highest BCUT2D eigenvalue weighted by atomic mass is 35.5. The molecule has 0 aliphatic rings. The number of amides is 1. The normalized spacial score (nSPS) is 11.7. The Morgan fingerprint density at radius 1 is 0.969 bits per heavy atom. The lowest BCUT2D eigenvalue weighted by Gasteiger charge is -2.09. The molecule has 3 rings (SSSR count). The van der Waals surface area contributed by atoms with E-state index in [1.807, 2.05) is 0 Å². The number of halogens is 1. The van der Waals surface area contributed by atoms with Gasteiger partial charge >= 0.3 is 0 Å². The summed E-state index contributed by atoms with van der Waals surface area (Å²) in [5.41, 5.74) is 0.831. The number of hydrogen-bond donors (Lipinski definition) is 1. The van der Waals surface area contributed by atoms with Gasteiger partial charge in [0.15, 0.2) is 19.7 Å². The van der Waals surface area contributed by atoms with E-state index >= 15 is 0 Å². The van der Waals surface area contributed by atoms with Crippen LogP contribution in [-0.4, -0.2) is 40.2 Å². The molecular formula is C21H19ClN2O6S2. The Labute approximate surface area is 191 Å². The third kappa shape index (κ3) is 6.06. The van der Waals surface area contributed by atoms with E-state index in [-0.39, 0.29) is 32.8 Å². The van der Waals surface area contributed by atoms with Gasteiger partial charge in [0.1, 0.15) is 5.75 Å². The number of carbonyl (C=O) groups excluding carboxylic acids is 1. The van der Waals surface area contributed by atoms with Crippen LogP contribution in [-0.2, 0) is 26.2 Å². The summed E-state index contributed by atoms with van der Waals surface area (Å²) in [7, 11) is -6.74. The van der Waals surface area contributed by atoms with Crippen LogP contribution in [0.25, 0.3) is 0 Å². The zero-order valence-corrected chi connectivity index (χ0v) is 19.5. The Kier molecular flexibility index (Phi) is 6.87. The first kappa shape index (κ1) is 23.7. The maximum Gasteiger partial charge on any atom is 0.253 e. The Balaban J connectivity index is 1.65. The van der Waals surface area contributed by atoms with Crippen molar-refractivity contribution in [1.29, 1.82) is 0 Å². The van der Waals surface area contributed by atoms with Crippen LogP contribution in [0.2, 0.25) is 5.02 Å². The van der Waals surface area contributed by atoms with Gasteiger partial charge in [0.2, 0.25) is 5.88 Å². The van der Waals surface area contributed by atoms with Crippen LogP contribution in [0.1, 0.15) is 15.9 Å². The van der Waals surface area contributed by atoms with Gasteiger partial charge in [0.05, 0.1) is 15.4 Å². The fraction of sp³-hybridized carbons (Fsp3) is 0.143. The smallest absolute Gasteiger partial charge is 0.253 e. The molecule has 32 heavy (non-hydrogen) atoms. The Morgan fingerprint density at radius 3 is 2.25 bits per heavy atom. The number of nitrogens with zero attached hydrogens (tertiary/aromatic N) is 1. The first-order valence-electron chi connectivity index (χ1n) is 9.14. The van der Waals surface area contributed by atoms with Gasteiger partial charge < -0.3 is 10.1 Å². The summed E-state index contributed by atoms with van der Waals surface area (Å²) in [6.07, 6.45) is 3.51. The van der Waals surface area contributed by atoms with Crippen molar-refractivity contribution in [3.63, 3.8) is 0 Å². The van der Waals surface area contributed by atoms with Gasteiger partial charge in [-0.15, -0.1) is 0 Å². The van der Waals surface area contributed by atoms with Crippen LogP contribution in [0, 0.1) is 0 Å². The number of benzene rings is 2. The lowest BCUT2D eigenvalue weighted by atomic mass is 10.2. The van der Waals surface area contributed by atoms with E-state index in [0.717, 1.165) is 12.5 Å². The number of nitrogens with one attached hydrogen (secondary N) is 1. The predicted molar refractivity (Wildman–Crippen MR) is 120 cm³/mol. The van der Waals surface area contributed by atoms with E-state index in [1.165, 1.54) is 42.6 Å². The first-order valence-corrected chi connectivity index (χ1v) is 13.3. The standard InChI is InChI=1S/C21H19ClN2O6S2/c1-31(26,27)17-5-3-4-16(10-17)30-20-9-7-15(13-23-20)21(25)24-12-14-6-8-18(11-19(14)22)32(2,28)29/h3-11,13H,12H2,1-2H3,(H,24,25). The van der Waals surface area contributed by atoms with Crippen molar-refractivity contribution < 1.29 is 26.4 Å². The molecule has 1 heterocycles. The van der Waals surface area contributed by atoms with Crippen LogP contribution < -0.4 is 10.1 Å². The highest BCUT2D eigenvalue weighted by Crippen LogP contribution is 2.23. The highest BCUT2D eigenvalue weighted by Gasteiger charge is 2.13. The fourth-order valence-corrected chi connectivity index (χ4v) is 4.26. The van der Waals surface area contributed by atoms with Gasteiger partial charge in [-0.2, -0.15) is 0 Å². The number of sulfone groups is 2. The quantitative estimate of drug-likeness (QED) is 0.535. The SMILES string of the molecule is CS(=O)(=O)c1cccc(Oc2ccc(C(=O)NCc3ccc(S(C)(=O)=O)cc3Cl)cn2)c1. The molecule has 0 fully saturated rings. The van der Waals surface area contributed by atoms with Gasteiger partial charge in [0, 0.05) is 36.3 Å². The molecule has 0 bridgehead atoms. The molecule has 1 aromatic heterocycles. The Hall–Kier alpha value is -2.95. The molecule has 0 aliphatic heterocycles. The van der Waals surface area contributed by atoms with E-state index in [9.17, 15) is 21.6 Å². The minimum absolute atomic E-state index is 0.0955. The molecule has 0 atom stereocenters. The summed E-state index contributed by atoms with van der Waals surface area (Å²) in [6, 6.07) is 13.3. The molecule has 1 N–H and O–H groups in total. The fourth-order valence-electron chi connectivity index (χ4n) is 2.64. The predicted octanol–water partition coefficient (Wildman–Crippen LogP) is 3.26. The van der Waals surface area contributed by atoms with Crippen molar-refractivity contribution in [2.75, 3.05) is 12.5 Å². The summed E-state index contributed by atoms with van der Waals surface area (Å²) in [5.74, 6) is 0.0720. The third-order valence-electron chi connectivity index (χ3n) is 4.35. The van der Waals surface area contributed by atoms with Gasteiger partial charge in [-0.05, 0) is 42.0 Å². The van der Waals surface area contributed by atoms with Gasteiger partial charge in [0.25, 0.3) is 5.91 Å². The molecule has 0 radical (unpaired) electrons. The molecule has 2 aromatic carbocycles. The number of hydrogen-bond acceptors (Lipinski definition) is 7. The molecule has 11 heteroatoms. The number of ether oxygens (including phenoxy) is 1. The second-order valence-electron chi connectivity index (χ2n) is 6.94. The number of aromatic nitrogens is 1. The minimum atomic E-state index is -3.37. The molecule has 8 nitrogen and oxygen atoms in total. The van der Waals surface area contributed by atoms with Gasteiger partial charge in [-0.1, -0.05) is 23.7 Å². The molecule has 0 spiro atoms. The zero-order chi connectivity index (χ0) is 23.5. The molecule has 0 aliphatic carbocycles. The second kappa shape index (κ2) is 9.27.